The number of anilines is 1. The maximum atomic E-state index is 12.3. The summed E-state index contributed by atoms with van der Waals surface area (Å²) in [6, 6.07) is 11.7. The second kappa shape index (κ2) is 8.68. The van der Waals surface area contributed by atoms with Crippen LogP contribution in [0.3, 0.4) is 0 Å². The second-order valence-corrected chi connectivity index (χ2v) is 5.51. The van der Waals surface area contributed by atoms with E-state index in [1.54, 1.807) is 42.5 Å². The first kappa shape index (κ1) is 18.3. The highest BCUT2D eigenvalue weighted by atomic mass is 16.5. The first-order valence-electron chi connectivity index (χ1n) is 8.02. The molecule has 0 saturated heterocycles. The summed E-state index contributed by atoms with van der Waals surface area (Å²) in [5.74, 6) is 0.134. The van der Waals surface area contributed by atoms with Crippen LogP contribution < -0.4 is 10.1 Å². The number of carbonyl (C=O) groups is 2. The average molecular weight is 339 g/mol. The Morgan fingerprint density at radius 1 is 1.20 bits per heavy atom. The first-order valence-corrected chi connectivity index (χ1v) is 8.02. The molecular formula is C20H21NO4. The fourth-order valence-electron chi connectivity index (χ4n) is 2.27. The fraction of sp³-hybridized carbons (Fsp3) is 0.200. The summed E-state index contributed by atoms with van der Waals surface area (Å²) in [6.07, 6.45) is 4.30. The normalized spacial score (nSPS) is 10.6. The number of ketones is 1. The van der Waals surface area contributed by atoms with Crippen LogP contribution in [0.5, 0.6) is 11.5 Å². The number of ether oxygens (including phenoxy) is 1. The van der Waals surface area contributed by atoms with Gasteiger partial charge in [-0.2, -0.15) is 0 Å². The van der Waals surface area contributed by atoms with Crippen molar-refractivity contribution in [3.63, 3.8) is 0 Å². The van der Waals surface area contributed by atoms with Crippen molar-refractivity contribution < 1.29 is 19.4 Å². The number of rotatable bonds is 7. The monoisotopic (exact) mass is 339 g/mol. The van der Waals surface area contributed by atoms with Crippen LogP contribution in [0.4, 0.5) is 5.69 Å². The van der Waals surface area contributed by atoms with Gasteiger partial charge in [-0.3, -0.25) is 9.59 Å². The molecule has 0 radical (unpaired) electrons. The number of allylic oxidation sites excluding steroid dienone is 1. The summed E-state index contributed by atoms with van der Waals surface area (Å²) < 4.78 is 5.04. The van der Waals surface area contributed by atoms with E-state index in [9.17, 15) is 14.7 Å². The molecule has 0 aliphatic heterocycles. The lowest BCUT2D eigenvalue weighted by molar-refractivity contribution is -0.116. The minimum atomic E-state index is -0.182. The van der Waals surface area contributed by atoms with Crippen LogP contribution in [0.2, 0.25) is 0 Å². The Morgan fingerprint density at radius 2 is 2.00 bits per heavy atom. The third-order valence-corrected chi connectivity index (χ3v) is 3.54. The Bertz CT molecular complexity index is 796. The Labute approximate surface area is 146 Å². The molecule has 2 aromatic rings. The number of methoxy groups -OCH3 is 1. The van der Waals surface area contributed by atoms with Crippen molar-refractivity contribution >= 4 is 23.5 Å². The highest BCUT2D eigenvalue weighted by molar-refractivity contribution is 6.07. The van der Waals surface area contributed by atoms with Gasteiger partial charge in [0.25, 0.3) is 0 Å². The predicted molar refractivity (Wildman–Crippen MR) is 98.0 cm³/mol. The van der Waals surface area contributed by atoms with Gasteiger partial charge in [-0.15, -0.1) is 0 Å². The van der Waals surface area contributed by atoms with Gasteiger partial charge in [0.1, 0.15) is 0 Å². The fourth-order valence-corrected chi connectivity index (χ4v) is 2.27. The van der Waals surface area contributed by atoms with Crippen LogP contribution in [0, 0.1) is 0 Å². The number of nitrogens with one attached hydrogen (secondary N) is 1. The number of hydrogen-bond donors (Lipinski definition) is 2. The third-order valence-electron chi connectivity index (χ3n) is 3.54. The van der Waals surface area contributed by atoms with E-state index in [0.717, 1.165) is 12.0 Å². The van der Waals surface area contributed by atoms with Crippen molar-refractivity contribution in [2.24, 2.45) is 0 Å². The molecule has 0 saturated carbocycles. The molecule has 0 unspecified atom stereocenters. The Balaban J connectivity index is 2.11. The largest absolute Gasteiger partial charge is 0.504 e. The summed E-state index contributed by atoms with van der Waals surface area (Å²) >= 11 is 0. The number of carbonyl (C=O) groups excluding carboxylic acids is 2. The van der Waals surface area contributed by atoms with Crippen LogP contribution in [0.25, 0.3) is 6.08 Å². The molecule has 130 valence electrons. The van der Waals surface area contributed by atoms with Gasteiger partial charge < -0.3 is 15.2 Å². The van der Waals surface area contributed by atoms with Crippen LogP contribution in [-0.4, -0.2) is 23.9 Å². The maximum Gasteiger partial charge on any atom is 0.224 e. The summed E-state index contributed by atoms with van der Waals surface area (Å²) in [5, 5.41) is 12.4. The quantitative estimate of drug-likeness (QED) is 0.590. The lowest BCUT2D eigenvalue weighted by atomic mass is 10.1. The van der Waals surface area contributed by atoms with Crippen molar-refractivity contribution in [3.05, 3.63) is 59.7 Å². The van der Waals surface area contributed by atoms with Gasteiger partial charge in [0, 0.05) is 17.7 Å². The molecule has 2 rings (SSSR count). The maximum absolute atomic E-state index is 12.3. The molecule has 0 aliphatic rings. The average Bonchev–Trinajstić information content (AvgIpc) is 2.61. The van der Waals surface area contributed by atoms with Crippen LogP contribution in [0.1, 0.15) is 35.7 Å². The minimum Gasteiger partial charge on any atom is -0.504 e. The molecule has 25 heavy (non-hydrogen) atoms. The van der Waals surface area contributed by atoms with Gasteiger partial charge in [-0.1, -0.05) is 31.2 Å². The zero-order valence-electron chi connectivity index (χ0n) is 14.3. The Kier molecular flexibility index (Phi) is 6.34. The smallest absolute Gasteiger partial charge is 0.224 e. The number of amides is 1. The SMILES string of the molecule is CCCC(=O)Nc1cccc(C(=O)/C=C/c2ccc(O)c(OC)c2)c1. The zero-order valence-corrected chi connectivity index (χ0v) is 14.3. The first-order chi connectivity index (χ1) is 12.0. The summed E-state index contributed by atoms with van der Waals surface area (Å²) in [4.78, 5) is 24.0. The molecule has 0 atom stereocenters. The van der Waals surface area contributed by atoms with Crippen LogP contribution in [0.15, 0.2) is 48.5 Å². The molecule has 0 aliphatic carbocycles. The van der Waals surface area contributed by atoms with Crippen molar-refractivity contribution in [1.82, 2.24) is 0 Å². The van der Waals surface area contributed by atoms with Gasteiger partial charge in [0.2, 0.25) is 5.91 Å². The van der Waals surface area contributed by atoms with Crippen molar-refractivity contribution in [3.8, 4) is 11.5 Å². The molecule has 5 heteroatoms. The predicted octanol–water partition coefficient (Wildman–Crippen LogP) is 4.04. The summed E-state index contributed by atoms with van der Waals surface area (Å²) in [7, 11) is 1.46. The number of phenols is 1. The van der Waals surface area contributed by atoms with Crippen molar-refractivity contribution in [2.45, 2.75) is 19.8 Å². The third kappa shape index (κ3) is 5.21. The molecule has 0 fully saturated rings. The van der Waals surface area contributed by atoms with Gasteiger partial charge in [-0.05, 0) is 42.3 Å². The van der Waals surface area contributed by atoms with Crippen molar-refractivity contribution in [1.29, 1.82) is 0 Å². The molecule has 2 aromatic carbocycles. The zero-order chi connectivity index (χ0) is 18.2. The highest BCUT2D eigenvalue weighted by Gasteiger charge is 2.06. The summed E-state index contributed by atoms with van der Waals surface area (Å²) in [6.45, 7) is 1.93. The molecule has 0 spiro atoms. The Hall–Kier alpha value is -3.08. The van der Waals surface area contributed by atoms with E-state index in [1.165, 1.54) is 19.3 Å². The van der Waals surface area contributed by atoms with Gasteiger partial charge in [0.05, 0.1) is 7.11 Å². The lowest BCUT2D eigenvalue weighted by Gasteiger charge is -2.06. The molecular weight excluding hydrogens is 318 g/mol. The van der Waals surface area contributed by atoms with E-state index < -0.39 is 0 Å². The highest BCUT2D eigenvalue weighted by Crippen LogP contribution is 2.26. The number of hydrogen-bond acceptors (Lipinski definition) is 4. The van der Waals surface area contributed by atoms with E-state index in [1.807, 2.05) is 6.92 Å². The number of phenolic OH excluding ortho intramolecular Hbond substituents is 1. The van der Waals surface area contributed by atoms with Crippen LogP contribution in [-0.2, 0) is 4.79 Å². The van der Waals surface area contributed by atoms with E-state index >= 15 is 0 Å². The van der Waals surface area contributed by atoms with Crippen molar-refractivity contribution in [2.75, 3.05) is 12.4 Å². The topological polar surface area (TPSA) is 75.6 Å². The van der Waals surface area contributed by atoms with E-state index in [2.05, 4.69) is 5.32 Å². The number of benzene rings is 2. The molecule has 1 amide bonds. The summed E-state index contributed by atoms with van der Waals surface area (Å²) in [5.41, 5.74) is 1.82. The lowest BCUT2D eigenvalue weighted by Crippen LogP contribution is -2.11. The number of aromatic hydroxyl groups is 1. The molecule has 5 nitrogen and oxygen atoms in total. The van der Waals surface area contributed by atoms with Crippen LogP contribution >= 0.6 is 0 Å². The second-order valence-electron chi connectivity index (χ2n) is 5.51. The van der Waals surface area contributed by atoms with E-state index in [4.69, 9.17) is 4.74 Å². The van der Waals surface area contributed by atoms with E-state index in [0.29, 0.717) is 23.4 Å². The van der Waals surface area contributed by atoms with Gasteiger partial charge >= 0.3 is 0 Å². The molecule has 2 N–H and O–H groups in total. The minimum absolute atomic E-state index is 0.0431. The van der Waals surface area contributed by atoms with E-state index in [-0.39, 0.29) is 17.4 Å². The molecule has 0 bridgehead atoms. The standard InChI is InChI=1S/C20H21NO4/c1-3-5-20(24)21-16-7-4-6-15(13-16)17(22)10-8-14-9-11-18(23)19(12-14)25-2/h4,6-13,23H,3,5H2,1-2H3,(H,21,24)/b10-8+. The molecule has 0 heterocycles. The van der Waals surface area contributed by atoms with Gasteiger partial charge in [0.15, 0.2) is 17.3 Å². The van der Waals surface area contributed by atoms with Gasteiger partial charge in [-0.25, -0.2) is 0 Å². The molecule has 0 aromatic heterocycles. The Morgan fingerprint density at radius 3 is 2.72 bits per heavy atom.